The highest BCUT2D eigenvalue weighted by Gasteiger charge is 2.18. The minimum absolute atomic E-state index is 0.0952. The smallest absolute Gasteiger partial charge is 0.272 e. The first kappa shape index (κ1) is 15.1. The Morgan fingerprint density at radius 2 is 2.00 bits per heavy atom. The number of hydrogen-bond acceptors (Lipinski definition) is 4. The monoisotopic (exact) mass is 288 g/mol. The lowest BCUT2D eigenvalue weighted by atomic mass is 10.1. The second-order valence-electron chi connectivity index (χ2n) is 5.24. The average Bonchev–Trinajstić information content (AvgIpc) is 2.94. The van der Waals surface area contributed by atoms with Gasteiger partial charge in [0.2, 0.25) is 0 Å². The molecule has 21 heavy (non-hydrogen) atoms. The van der Waals surface area contributed by atoms with E-state index in [1.54, 1.807) is 29.1 Å². The van der Waals surface area contributed by atoms with E-state index >= 15 is 0 Å². The molecule has 0 spiro atoms. The molecule has 0 fully saturated rings. The number of carbonyl (C=O) groups excluding carboxylic acids is 1. The first-order valence-corrected chi connectivity index (χ1v) is 6.84. The van der Waals surface area contributed by atoms with Gasteiger partial charge in [0.05, 0.1) is 18.3 Å². The number of carbonyl (C=O) groups is 1. The Morgan fingerprint density at radius 3 is 2.57 bits per heavy atom. The molecule has 0 aliphatic rings. The zero-order valence-electron chi connectivity index (χ0n) is 12.2. The quantitative estimate of drug-likeness (QED) is 0.721. The Morgan fingerprint density at radius 1 is 1.33 bits per heavy atom. The van der Waals surface area contributed by atoms with Crippen molar-refractivity contribution in [1.29, 1.82) is 0 Å². The Kier molecular flexibility index (Phi) is 4.59. The van der Waals surface area contributed by atoms with Crippen LogP contribution in [0.5, 0.6) is 0 Å². The van der Waals surface area contributed by atoms with Gasteiger partial charge in [-0.2, -0.15) is 5.10 Å². The molecular formula is C15H20N4O2. The lowest BCUT2D eigenvalue weighted by Crippen LogP contribution is -2.41. The van der Waals surface area contributed by atoms with E-state index in [1.165, 1.54) is 0 Å². The minimum Gasteiger partial charge on any atom is -0.399 e. The summed E-state index contributed by atoms with van der Waals surface area (Å²) in [5, 5.41) is 16.3. The van der Waals surface area contributed by atoms with Crippen molar-refractivity contribution in [2.75, 3.05) is 12.3 Å². The molecule has 1 atom stereocenters. The fourth-order valence-corrected chi connectivity index (χ4v) is 1.88. The number of aliphatic hydroxyl groups excluding tert-OH is 1. The van der Waals surface area contributed by atoms with Gasteiger partial charge in [0, 0.05) is 11.9 Å². The van der Waals surface area contributed by atoms with E-state index in [4.69, 9.17) is 5.73 Å². The zero-order valence-corrected chi connectivity index (χ0v) is 12.2. The van der Waals surface area contributed by atoms with Gasteiger partial charge in [-0.25, -0.2) is 4.68 Å². The summed E-state index contributed by atoms with van der Waals surface area (Å²) in [5.41, 5.74) is 7.45. The number of rotatable bonds is 5. The highest BCUT2D eigenvalue weighted by molar-refractivity contribution is 5.92. The van der Waals surface area contributed by atoms with E-state index in [0.717, 1.165) is 5.69 Å². The van der Waals surface area contributed by atoms with Crippen LogP contribution in [0.25, 0.3) is 5.69 Å². The molecule has 4 N–H and O–H groups in total. The number of nitrogens with two attached hydrogens (primary N) is 1. The third-order valence-electron chi connectivity index (χ3n) is 3.30. The second kappa shape index (κ2) is 6.41. The molecule has 0 radical (unpaired) electrons. The maximum absolute atomic E-state index is 12.1. The predicted molar refractivity (Wildman–Crippen MR) is 81.2 cm³/mol. The van der Waals surface area contributed by atoms with Crippen LogP contribution in [0.4, 0.5) is 5.69 Å². The Balaban J connectivity index is 2.12. The van der Waals surface area contributed by atoms with Crippen molar-refractivity contribution in [3.63, 3.8) is 0 Å². The Labute approximate surface area is 123 Å². The van der Waals surface area contributed by atoms with E-state index in [1.807, 2.05) is 26.0 Å². The first-order chi connectivity index (χ1) is 10.0. The molecule has 2 rings (SSSR count). The summed E-state index contributed by atoms with van der Waals surface area (Å²) in [5.74, 6) is -0.143. The summed E-state index contributed by atoms with van der Waals surface area (Å²) in [6.45, 7) is 3.78. The van der Waals surface area contributed by atoms with Crippen LogP contribution in [-0.2, 0) is 0 Å². The molecule has 1 aromatic heterocycles. The maximum atomic E-state index is 12.1. The molecule has 6 nitrogen and oxygen atoms in total. The van der Waals surface area contributed by atoms with E-state index in [0.29, 0.717) is 11.4 Å². The van der Waals surface area contributed by atoms with Gasteiger partial charge in [0.25, 0.3) is 5.91 Å². The molecule has 6 heteroatoms. The average molecular weight is 288 g/mol. The van der Waals surface area contributed by atoms with Gasteiger partial charge in [-0.3, -0.25) is 4.79 Å². The molecule has 1 heterocycles. The fourth-order valence-electron chi connectivity index (χ4n) is 1.88. The van der Waals surface area contributed by atoms with Gasteiger partial charge in [0.1, 0.15) is 0 Å². The molecule has 0 saturated heterocycles. The topological polar surface area (TPSA) is 93.2 Å². The molecule has 2 aromatic rings. The first-order valence-electron chi connectivity index (χ1n) is 6.84. The standard InChI is InChI=1S/C15H20N4O2/c1-10(2)14(9-20)17-15(21)13-7-8-19(18-13)12-5-3-11(16)4-6-12/h3-8,10,14,20H,9,16H2,1-2H3,(H,17,21). The van der Waals surface area contributed by atoms with E-state index in [-0.39, 0.29) is 24.5 Å². The van der Waals surface area contributed by atoms with Crippen molar-refractivity contribution in [3.8, 4) is 5.69 Å². The molecule has 1 aromatic carbocycles. The summed E-state index contributed by atoms with van der Waals surface area (Å²) in [6, 6.07) is 8.57. The number of nitrogens with zero attached hydrogens (tertiary/aromatic N) is 2. The Hall–Kier alpha value is -2.34. The molecule has 0 saturated carbocycles. The van der Waals surface area contributed by atoms with Gasteiger partial charge in [-0.05, 0) is 36.2 Å². The van der Waals surface area contributed by atoms with Crippen LogP contribution in [-0.4, -0.2) is 33.4 Å². The van der Waals surface area contributed by atoms with Crippen molar-refractivity contribution in [3.05, 3.63) is 42.2 Å². The molecule has 0 bridgehead atoms. The fraction of sp³-hybridized carbons (Fsp3) is 0.333. The van der Waals surface area contributed by atoms with Crippen LogP contribution < -0.4 is 11.1 Å². The Bertz CT molecular complexity index is 604. The van der Waals surface area contributed by atoms with Crippen LogP contribution in [0.3, 0.4) is 0 Å². The van der Waals surface area contributed by atoms with Gasteiger partial charge in [-0.15, -0.1) is 0 Å². The van der Waals surface area contributed by atoms with Gasteiger partial charge >= 0.3 is 0 Å². The lowest BCUT2D eigenvalue weighted by molar-refractivity contribution is 0.0891. The summed E-state index contributed by atoms with van der Waals surface area (Å²) in [6.07, 6.45) is 1.71. The van der Waals surface area contributed by atoms with Crippen LogP contribution in [0.15, 0.2) is 36.5 Å². The number of anilines is 1. The van der Waals surface area contributed by atoms with E-state index < -0.39 is 0 Å². The van der Waals surface area contributed by atoms with E-state index in [9.17, 15) is 9.90 Å². The van der Waals surface area contributed by atoms with Crippen LogP contribution in [0.2, 0.25) is 0 Å². The number of aromatic nitrogens is 2. The number of hydrogen-bond donors (Lipinski definition) is 3. The number of amides is 1. The van der Waals surface area contributed by atoms with Crippen LogP contribution >= 0.6 is 0 Å². The SMILES string of the molecule is CC(C)C(CO)NC(=O)c1ccn(-c2ccc(N)cc2)n1. The summed E-state index contributed by atoms with van der Waals surface area (Å²) < 4.78 is 1.61. The zero-order chi connectivity index (χ0) is 15.4. The van der Waals surface area contributed by atoms with Gasteiger partial charge < -0.3 is 16.2 Å². The predicted octanol–water partition coefficient (Wildman–Crippen LogP) is 1.20. The van der Waals surface area contributed by atoms with Crippen molar-refractivity contribution >= 4 is 11.6 Å². The minimum atomic E-state index is -0.294. The van der Waals surface area contributed by atoms with Crippen LogP contribution in [0, 0.1) is 5.92 Å². The van der Waals surface area contributed by atoms with Crippen molar-refractivity contribution in [2.45, 2.75) is 19.9 Å². The van der Waals surface area contributed by atoms with Crippen LogP contribution in [0.1, 0.15) is 24.3 Å². The van der Waals surface area contributed by atoms with Gasteiger partial charge in [0.15, 0.2) is 5.69 Å². The third kappa shape index (κ3) is 3.61. The third-order valence-corrected chi connectivity index (χ3v) is 3.30. The molecule has 1 amide bonds. The van der Waals surface area contributed by atoms with Crippen molar-refractivity contribution in [2.24, 2.45) is 5.92 Å². The largest absolute Gasteiger partial charge is 0.399 e. The number of nitrogen functional groups attached to an aromatic ring is 1. The highest BCUT2D eigenvalue weighted by Crippen LogP contribution is 2.11. The molecule has 1 unspecified atom stereocenters. The highest BCUT2D eigenvalue weighted by atomic mass is 16.3. The number of nitrogens with one attached hydrogen (secondary N) is 1. The summed E-state index contributed by atoms with van der Waals surface area (Å²) in [4.78, 5) is 12.1. The van der Waals surface area contributed by atoms with Crippen molar-refractivity contribution < 1.29 is 9.90 Å². The molecule has 0 aliphatic carbocycles. The van der Waals surface area contributed by atoms with Crippen molar-refractivity contribution in [1.82, 2.24) is 15.1 Å². The van der Waals surface area contributed by atoms with Gasteiger partial charge in [-0.1, -0.05) is 13.8 Å². The lowest BCUT2D eigenvalue weighted by Gasteiger charge is -2.19. The number of benzene rings is 1. The van der Waals surface area contributed by atoms with E-state index in [2.05, 4.69) is 10.4 Å². The normalized spacial score (nSPS) is 12.4. The molecule has 112 valence electrons. The summed E-state index contributed by atoms with van der Waals surface area (Å²) >= 11 is 0. The maximum Gasteiger partial charge on any atom is 0.272 e. The number of aliphatic hydroxyl groups is 1. The molecule has 0 aliphatic heterocycles. The second-order valence-corrected chi connectivity index (χ2v) is 5.24. The summed E-state index contributed by atoms with van der Waals surface area (Å²) in [7, 11) is 0. The molecular weight excluding hydrogens is 268 g/mol.